The number of H-pyrrole nitrogens is 2. The third-order valence-electron chi connectivity index (χ3n) is 0.802. The first-order chi connectivity index (χ1) is 4.72. The molecule has 0 spiro atoms. The smallest absolute Gasteiger partial charge is 0.219 e. The number of nitrogens with one attached hydrogen (secondary N) is 3. The Balaban J connectivity index is 3.33. The highest BCUT2D eigenvalue weighted by atomic mass is 32.1. The molecule has 0 fully saturated rings. The van der Waals surface area contributed by atoms with Crippen LogP contribution in [0.15, 0.2) is 0 Å². The molecule has 0 saturated carbocycles. The summed E-state index contributed by atoms with van der Waals surface area (Å²) in [5.74, 6) is 5.39. The summed E-state index contributed by atoms with van der Waals surface area (Å²) in [7, 11) is 0. The van der Waals surface area contributed by atoms with E-state index in [9.17, 15) is 0 Å². The van der Waals surface area contributed by atoms with Gasteiger partial charge in [0.05, 0.1) is 0 Å². The van der Waals surface area contributed by atoms with Crippen LogP contribution in [0.1, 0.15) is 0 Å². The lowest BCUT2D eigenvalue weighted by Gasteiger charge is -1.95. The van der Waals surface area contributed by atoms with E-state index in [-0.39, 0.29) is 0 Å². The summed E-state index contributed by atoms with van der Waals surface area (Å²) in [5, 5.41) is 0. The van der Waals surface area contributed by atoms with Gasteiger partial charge in [-0.15, -0.1) is 0 Å². The first-order valence-electron chi connectivity index (χ1n) is 2.39. The number of rotatable bonds is 1. The van der Waals surface area contributed by atoms with Crippen LogP contribution in [0.4, 0.5) is 5.95 Å². The molecule has 1 rings (SSSR count). The summed E-state index contributed by atoms with van der Waals surface area (Å²) in [4.78, 5) is 9.01. The molecule has 0 radical (unpaired) electrons. The van der Waals surface area contributed by atoms with Crippen LogP contribution in [-0.4, -0.2) is 15.0 Å². The van der Waals surface area contributed by atoms with Gasteiger partial charge in [-0.2, -0.15) is 4.98 Å². The number of nitrogens with zero attached hydrogens (tertiary/aromatic N) is 1. The van der Waals surface area contributed by atoms with E-state index >= 15 is 0 Å². The van der Waals surface area contributed by atoms with Gasteiger partial charge in [0, 0.05) is 0 Å². The molecule has 1 aromatic rings. The fraction of sp³-hybridized carbons (Fsp3) is 0. The number of aromatic amines is 2. The minimum Gasteiger partial charge on any atom is -0.308 e. The molecule has 0 aromatic carbocycles. The van der Waals surface area contributed by atoms with E-state index < -0.39 is 0 Å². The maximum absolute atomic E-state index is 5.04. The Morgan fingerprint density at radius 3 is 2.60 bits per heavy atom. The fourth-order valence-corrected chi connectivity index (χ4v) is 0.913. The quantitative estimate of drug-likeness (QED) is 0.283. The Hall–Kier alpha value is -0.790. The summed E-state index contributed by atoms with van der Waals surface area (Å²) in [6, 6.07) is 0. The van der Waals surface area contributed by atoms with Gasteiger partial charge in [-0.05, 0) is 24.4 Å². The molecular weight excluding hydrogens is 170 g/mol. The molecule has 0 aliphatic rings. The molecule has 0 saturated heterocycles. The first kappa shape index (κ1) is 7.32. The molecule has 54 valence electrons. The van der Waals surface area contributed by atoms with Gasteiger partial charge < -0.3 is 9.97 Å². The van der Waals surface area contributed by atoms with Crippen molar-refractivity contribution in [2.45, 2.75) is 0 Å². The monoisotopic (exact) mass is 175 g/mol. The summed E-state index contributed by atoms with van der Waals surface area (Å²) in [5.41, 5.74) is 2.29. The van der Waals surface area contributed by atoms with Gasteiger partial charge >= 0.3 is 0 Å². The molecule has 0 atom stereocenters. The molecule has 0 aliphatic heterocycles. The lowest BCUT2D eigenvalue weighted by molar-refractivity contribution is 0.992. The van der Waals surface area contributed by atoms with Crippen LogP contribution in [0.25, 0.3) is 0 Å². The van der Waals surface area contributed by atoms with Gasteiger partial charge in [0.25, 0.3) is 0 Å². The van der Waals surface area contributed by atoms with Crippen LogP contribution in [-0.2, 0) is 0 Å². The highest BCUT2D eigenvalue weighted by molar-refractivity contribution is 7.71. The van der Waals surface area contributed by atoms with E-state index in [0.717, 1.165) is 0 Å². The van der Waals surface area contributed by atoms with E-state index in [1.54, 1.807) is 0 Å². The molecule has 0 aliphatic carbocycles. The summed E-state index contributed by atoms with van der Waals surface area (Å²) in [6.45, 7) is 0. The Morgan fingerprint density at radius 2 is 2.10 bits per heavy atom. The van der Waals surface area contributed by atoms with Crippen molar-refractivity contribution in [3.63, 3.8) is 0 Å². The molecule has 5 nitrogen and oxygen atoms in total. The molecule has 0 unspecified atom stereocenters. The molecule has 0 amide bonds. The molecular formula is C3H5N5S2. The number of nitrogens with two attached hydrogens (primary N) is 1. The van der Waals surface area contributed by atoms with Gasteiger partial charge in [-0.1, -0.05) is 0 Å². The lowest BCUT2D eigenvalue weighted by atomic mass is 11.0. The largest absolute Gasteiger partial charge is 0.308 e. The van der Waals surface area contributed by atoms with Crippen molar-refractivity contribution in [3.8, 4) is 0 Å². The number of hydrogen-bond donors (Lipinski definition) is 4. The zero-order valence-corrected chi connectivity index (χ0v) is 6.47. The van der Waals surface area contributed by atoms with Crippen LogP contribution in [0.3, 0.4) is 0 Å². The highest BCUT2D eigenvalue weighted by Gasteiger charge is 1.87. The van der Waals surface area contributed by atoms with Crippen LogP contribution in [0.5, 0.6) is 0 Å². The van der Waals surface area contributed by atoms with E-state index in [1.807, 2.05) is 0 Å². The van der Waals surface area contributed by atoms with Crippen molar-refractivity contribution >= 4 is 30.4 Å². The lowest BCUT2D eigenvalue weighted by Crippen LogP contribution is -2.10. The second-order valence-corrected chi connectivity index (χ2v) is 2.28. The summed E-state index contributed by atoms with van der Waals surface area (Å²) in [6.07, 6.45) is 0. The second kappa shape index (κ2) is 2.86. The summed E-state index contributed by atoms with van der Waals surface area (Å²) < 4.78 is 0.699. The molecule has 10 heavy (non-hydrogen) atoms. The van der Waals surface area contributed by atoms with Gasteiger partial charge in [0.2, 0.25) is 10.7 Å². The topological polar surface area (TPSA) is 82.5 Å². The standard InChI is InChI=1S/C3H5N5S2/c4-8-1-5-2(9)7-3(10)6-1/h4H2,(H3,5,6,7,8,9,10). The van der Waals surface area contributed by atoms with E-state index in [1.165, 1.54) is 0 Å². The Kier molecular flexibility index (Phi) is 2.10. The van der Waals surface area contributed by atoms with Crippen LogP contribution in [0.2, 0.25) is 0 Å². The molecule has 1 aromatic heterocycles. The maximum Gasteiger partial charge on any atom is 0.219 e. The normalized spacial score (nSPS) is 9.30. The van der Waals surface area contributed by atoms with E-state index in [4.69, 9.17) is 30.3 Å². The molecule has 1 heterocycles. The number of hydrogen-bond acceptors (Lipinski definition) is 5. The molecule has 0 bridgehead atoms. The van der Waals surface area contributed by atoms with Crippen molar-refractivity contribution in [2.75, 3.05) is 5.43 Å². The fourth-order valence-electron chi connectivity index (χ4n) is 0.462. The van der Waals surface area contributed by atoms with Crippen molar-refractivity contribution in [1.82, 2.24) is 15.0 Å². The Morgan fingerprint density at radius 1 is 1.40 bits per heavy atom. The zero-order chi connectivity index (χ0) is 7.56. The predicted octanol–water partition coefficient (Wildman–Crippen LogP) is 0.482. The first-order valence-corrected chi connectivity index (χ1v) is 3.21. The predicted molar refractivity (Wildman–Crippen MR) is 42.4 cm³/mol. The van der Waals surface area contributed by atoms with Gasteiger partial charge in [-0.25, -0.2) is 5.84 Å². The number of aromatic nitrogens is 3. The van der Waals surface area contributed by atoms with Crippen molar-refractivity contribution < 1.29 is 0 Å². The molecule has 7 heteroatoms. The van der Waals surface area contributed by atoms with Crippen molar-refractivity contribution in [1.29, 1.82) is 0 Å². The van der Waals surface area contributed by atoms with Crippen molar-refractivity contribution in [2.24, 2.45) is 5.84 Å². The number of hydrazine groups is 1. The minimum absolute atomic E-state index is 0.303. The average Bonchev–Trinajstić information content (AvgIpc) is 1.85. The van der Waals surface area contributed by atoms with Crippen LogP contribution < -0.4 is 11.3 Å². The van der Waals surface area contributed by atoms with E-state index in [2.05, 4.69) is 20.4 Å². The van der Waals surface area contributed by atoms with Gasteiger partial charge in [0.1, 0.15) is 0 Å². The Labute approximate surface area is 66.7 Å². The zero-order valence-electron chi connectivity index (χ0n) is 4.84. The Bertz CT molecular complexity index is 296. The van der Waals surface area contributed by atoms with Crippen LogP contribution >= 0.6 is 24.4 Å². The van der Waals surface area contributed by atoms with Gasteiger partial charge in [0.15, 0.2) is 4.77 Å². The molecule has 5 N–H and O–H groups in total. The number of anilines is 1. The van der Waals surface area contributed by atoms with E-state index in [0.29, 0.717) is 15.5 Å². The maximum atomic E-state index is 5.04. The SMILES string of the molecule is NNc1nc(=S)[nH]c(=S)[nH]1. The third kappa shape index (κ3) is 1.59. The second-order valence-electron chi connectivity index (χ2n) is 1.49. The average molecular weight is 175 g/mol. The minimum atomic E-state index is 0.303. The van der Waals surface area contributed by atoms with Crippen molar-refractivity contribution in [3.05, 3.63) is 9.54 Å². The van der Waals surface area contributed by atoms with Gasteiger partial charge in [-0.3, -0.25) is 5.43 Å². The third-order valence-corrected chi connectivity index (χ3v) is 1.20. The summed E-state index contributed by atoms with van der Waals surface area (Å²) >= 11 is 9.44. The van der Waals surface area contributed by atoms with Crippen LogP contribution in [0, 0.1) is 9.54 Å². The highest BCUT2D eigenvalue weighted by Crippen LogP contribution is 1.90. The number of nitrogen functional groups attached to an aromatic ring is 1.